The number of Topliss-reactive ketones (excluding diaryl/α,β-unsaturated/α-hetero) is 1. The van der Waals surface area contributed by atoms with Gasteiger partial charge in [-0.25, -0.2) is 4.39 Å². The lowest BCUT2D eigenvalue weighted by Crippen LogP contribution is -2.31. The minimum Gasteiger partial charge on any atom is -0.366 e. The number of carbonyl (C=O) groups excluding carboxylic acids is 1. The molecule has 1 aliphatic rings. The number of halogens is 1. The van der Waals surface area contributed by atoms with Crippen LogP contribution in [0, 0.1) is 12.7 Å². The van der Waals surface area contributed by atoms with E-state index in [4.69, 9.17) is 0 Å². The number of hydrogen-bond acceptors (Lipinski definition) is 2. The van der Waals surface area contributed by atoms with Crippen LogP contribution in [0.25, 0.3) is 0 Å². The van der Waals surface area contributed by atoms with Gasteiger partial charge in [-0.3, -0.25) is 4.79 Å². The van der Waals surface area contributed by atoms with E-state index < -0.39 is 0 Å². The molecule has 102 valence electrons. The summed E-state index contributed by atoms with van der Waals surface area (Å²) in [6, 6.07) is 12.5. The molecule has 1 heterocycles. The highest BCUT2D eigenvalue weighted by Gasteiger charge is 2.22. The van der Waals surface area contributed by atoms with Gasteiger partial charge < -0.3 is 4.90 Å². The van der Waals surface area contributed by atoms with E-state index in [9.17, 15) is 9.18 Å². The van der Waals surface area contributed by atoms with Crippen LogP contribution in [-0.4, -0.2) is 12.3 Å². The average Bonchev–Trinajstić information content (AvgIpc) is 2.46. The number of anilines is 1. The normalized spacial score (nSPS) is 14.3. The van der Waals surface area contributed by atoms with Crippen molar-refractivity contribution in [3.05, 3.63) is 65.0 Å². The summed E-state index contributed by atoms with van der Waals surface area (Å²) in [6.45, 7) is 3.30. The van der Waals surface area contributed by atoms with Gasteiger partial charge >= 0.3 is 0 Å². The summed E-state index contributed by atoms with van der Waals surface area (Å²) in [5.74, 6) is -0.0280. The van der Waals surface area contributed by atoms with E-state index in [0.29, 0.717) is 19.5 Å². The molecule has 0 spiro atoms. The lowest BCUT2D eigenvalue weighted by molar-refractivity contribution is 0.0979. The Bertz CT molecular complexity index is 666. The maximum atomic E-state index is 13.4. The van der Waals surface area contributed by atoms with Crippen molar-refractivity contribution in [1.29, 1.82) is 0 Å². The molecular weight excluding hydrogens is 253 g/mol. The number of ketones is 1. The molecule has 0 saturated carbocycles. The lowest BCUT2D eigenvalue weighted by Gasteiger charge is -2.31. The molecule has 1 aliphatic heterocycles. The molecule has 2 aromatic carbocycles. The molecule has 0 radical (unpaired) electrons. The van der Waals surface area contributed by atoms with E-state index in [1.54, 1.807) is 12.1 Å². The molecule has 20 heavy (non-hydrogen) atoms. The number of fused-ring (bicyclic) bond motifs is 1. The monoisotopic (exact) mass is 269 g/mol. The zero-order chi connectivity index (χ0) is 14.1. The smallest absolute Gasteiger partial charge is 0.166 e. The molecule has 0 aliphatic carbocycles. The van der Waals surface area contributed by atoms with Crippen molar-refractivity contribution in [3.8, 4) is 0 Å². The van der Waals surface area contributed by atoms with Gasteiger partial charge in [0.2, 0.25) is 0 Å². The average molecular weight is 269 g/mol. The molecule has 0 fully saturated rings. The SMILES string of the molecule is Cc1ccc(F)cc1CN1CCC(=O)c2ccccc21. The number of hydrogen-bond donors (Lipinski definition) is 0. The van der Waals surface area contributed by atoms with Crippen LogP contribution < -0.4 is 4.90 Å². The van der Waals surface area contributed by atoms with Gasteiger partial charge in [0.15, 0.2) is 5.78 Å². The summed E-state index contributed by atoms with van der Waals surface area (Å²) in [5.41, 5.74) is 3.76. The van der Waals surface area contributed by atoms with E-state index in [2.05, 4.69) is 4.90 Å². The van der Waals surface area contributed by atoms with Crippen LogP contribution in [0.1, 0.15) is 27.9 Å². The van der Waals surface area contributed by atoms with Crippen LogP contribution in [0.2, 0.25) is 0 Å². The first-order valence-electron chi connectivity index (χ1n) is 6.77. The maximum absolute atomic E-state index is 13.4. The molecule has 0 amide bonds. The Morgan fingerprint density at radius 2 is 2.00 bits per heavy atom. The molecule has 2 nitrogen and oxygen atoms in total. The highest BCUT2D eigenvalue weighted by atomic mass is 19.1. The summed E-state index contributed by atoms with van der Waals surface area (Å²) in [6.07, 6.45) is 0.519. The van der Waals surface area contributed by atoms with Crippen molar-refractivity contribution in [1.82, 2.24) is 0 Å². The van der Waals surface area contributed by atoms with Gasteiger partial charge in [-0.1, -0.05) is 18.2 Å². The van der Waals surface area contributed by atoms with E-state index >= 15 is 0 Å². The number of benzene rings is 2. The van der Waals surface area contributed by atoms with Crippen molar-refractivity contribution in [2.45, 2.75) is 19.9 Å². The topological polar surface area (TPSA) is 20.3 Å². The summed E-state index contributed by atoms with van der Waals surface area (Å²) in [7, 11) is 0. The molecule has 0 atom stereocenters. The molecule has 0 bridgehead atoms. The van der Waals surface area contributed by atoms with Crippen LogP contribution in [0.3, 0.4) is 0 Å². The van der Waals surface area contributed by atoms with Crippen LogP contribution in [0.5, 0.6) is 0 Å². The maximum Gasteiger partial charge on any atom is 0.166 e. The molecule has 0 saturated heterocycles. The summed E-state index contributed by atoms with van der Waals surface area (Å²) in [4.78, 5) is 14.1. The molecular formula is C17H16FNO. The first kappa shape index (κ1) is 12.9. The van der Waals surface area contributed by atoms with Gasteiger partial charge in [0.1, 0.15) is 5.82 Å². The van der Waals surface area contributed by atoms with Crippen molar-refractivity contribution in [2.24, 2.45) is 0 Å². The molecule has 0 aromatic heterocycles. The zero-order valence-electron chi connectivity index (χ0n) is 11.4. The largest absolute Gasteiger partial charge is 0.366 e. The van der Waals surface area contributed by atoms with Gasteiger partial charge in [-0.15, -0.1) is 0 Å². The predicted molar refractivity (Wildman–Crippen MR) is 77.6 cm³/mol. The summed E-state index contributed by atoms with van der Waals surface area (Å²) >= 11 is 0. The third kappa shape index (κ3) is 2.31. The fourth-order valence-corrected chi connectivity index (χ4v) is 2.66. The molecule has 0 N–H and O–H groups in total. The standard InChI is InChI=1S/C17H16FNO/c1-12-6-7-14(18)10-13(12)11-19-9-8-17(20)15-4-2-3-5-16(15)19/h2-7,10H,8-9,11H2,1H3. The molecule has 3 heteroatoms. The molecule has 0 unspecified atom stereocenters. The second-order valence-electron chi connectivity index (χ2n) is 5.18. The summed E-state index contributed by atoms with van der Waals surface area (Å²) < 4.78 is 13.4. The van der Waals surface area contributed by atoms with Crippen LogP contribution in [0.4, 0.5) is 10.1 Å². The van der Waals surface area contributed by atoms with Crippen molar-refractivity contribution >= 4 is 11.5 Å². The van der Waals surface area contributed by atoms with Gasteiger partial charge in [-0.05, 0) is 42.3 Å². The van der Waals surface area contributed by atoms with Gasteiger partial charge in [-0.2, -0.15) is 0 Å². The van der Waals surface area contributed by atoms with E-state index in [0.717, 1.165) is 22.4 Å². The van der Waals surface area contributed by atoms with Crippen molar-refractivity contribution < 1.29 is 9.18 Å². The van der Waals surface area contributed by atoms with Crippen LogP contribution >= 0.6 is 0 Å². The Hall–Kier alpha value is -2.16. The Labute approximate surface area is 117 Å². The van der Waals surface area contributed by atoms with Crippen molar-refractivity contribution in [2.75, 3.05) is 11.4 Å². The van der Waals surface area contributed by atoms with E-state index in [1.807, 2.05) is 31.2 Å². The summed E-state index contributed by atoms with van der Waals surface area (Å²) in [5, 5.41) is 0. The number of carbonyl (C=O) groups is 1. The predicted octanol–water partition coefficient (Wildman–Crippen LogP) is 3.73. The second-order valence-corrected chi connectivity index (χ2v) is 5.18. The van der Waals surface area contributed by atoms with Gasteiger partial charge in [0.25, 0.3) is 0 Å². The second kappa shape index (κ2) is 5.08. The zero-order valence-corrected chi connectivity index (χ0v) is 11.4. The third-order valence-corrected chi connectivity index (χ3v) is 3.83. The van der Waals surface area contributed by atoms with Gasteiger partial charge in [0, 0.05) is 30.8 Å². The quantitative estimate of drug-likeness (QED) is 0.828. The molecule has 2 aromatic rings. The van der Waals surface area contributed by atoms with Gasteiger partial charge in [0.05, 0.1) is 0 Å². The number of rotatable bonds is 2. The Kier molecular flexibility index (Phi) is 3.26. The third-order valence-electron chi connectivity index (χ3n) is 3.83. The number of aryl methyl sites for hydroxylation is 1. The minimum absolute atomic E-state index is 0.188. The Morgan fingerprint density at radius 1 is 1.20 bits per heavy atom. The lowest BCUT2D eigenvalue weighted by atomic mass is 9.99. The number of para-hydroxylation sites is 1. The Balaban J connectivity index is 1.94. The Morgan fingerprint density at radius 3 is 2.85 bits per heavy atom. The van der Waals surface area contributed by atoms with Crippen LogP contribution in [0.15, 0.2) is 42.5 Å². The highest BCUT2D eigenvalue weighted by molar-refractivity contribution is 6.03. The fourth-order valence-electron chi connectivity index (χ4n) is 2.66. The minimum atomic E-state index is -0.216. The highest BCUT2D eigenvalue weighted by Crippen LogP contribution is 2.28. The first-order chi connectivity index (χ1) is 9.65. The van der Waals surface area contributed by atoms with Crippen molar-refractivity contribution in [3.63, 3.8) is 0 Å². The molecule has 3 rings (SSSR count). The number of nitrogens with zero attached hydrogens (tertiary/aromatic N) is 1. The van der Waals surface area contributed by atoms with E-state index in [1.165, 1.54) is 6.07 Å². The van der Waals surface area contributed by atoms with E-state index in [-0.39, 0.29) is 11.6 Å². The van der Waals surface area contributed by atoms with Crippen LogP contribution in [-0.2, 0) is 6.54 Å². The first-order valence-corrected chi connectivity index (χ1v) is 6.77. The fraction of sp³-hybridized carbons (Fsp3) is 0.235.